The van der Waals surface area contributed by atoms with Gasteiger partial charge >= 0.3 is 0 Å². The number of benzene rings is 1. The molecule has 6 nitrogen and oxygen atoms in total. The average Bonchev–Trinajstić information content (AvgIpc) is 2.46. The fourth-order valence-electron chi connectivity index (χ4n) is 2.13. The van der Waals surface area contributed by atoms with Crippen molar-refractivity contribution in [2.24, 2.45) is 0 Å². The summed E-state index contributed by atoms with van der Waals surface area (Å²) < 4.78 is 5.04. The first-order valence-corrected chi connectivity index (χ1v) is 6.72. The number of nitrogens with zero attached hydrogens (tertiary/aromatic N) is 1. The molecule has 20 heavy (non-hydrogen) atoms. The van der Waals surface area contributed by atoms with E-state index in [4.69, 9.17) is 4.74 Å². The molecule has 1 rings (SSSR count). The second-order valence-corrected chi connectivity index (χ2v) is 4.69. The van der Waals surface area contributed by atoms with Crippen LogP contribution in [0.15, 0.2) is 24.3 Å². The van der Waals surface area contributed by atoms with Crippen molar-refractivity contribution in [1.82, 2.24) is 5.32 Å². The molecule has 0 aromatic heterocycles. The van der Waals surface area contributed by atoms with E-state index in [-0.39, 0.29) is 24.4 Å². The minimum absolute atomic E-state index is 0.0350. The molecular weight excluding hydrogens is 260 g/mol. The third-order valence-electron chi connectivity index (χ3n) is 3.09. The lowest BCUT2D eigenvalue weighted by Gasteiger charge is -2.24. The minimum Gasteiger partial charge on any atom is -0.395 e. The second-order valence-electron chi connectivity index (χ2n) is 4.69. The van der Waals surface area contributed by atoms with Crippen LogP contribution >= 0.6 is 0 Å². The second kappa shape index (κ2) is 8.63. The third-order valence-corrected chi connectivity index (χ3v) is 3.09. The van der Waals surface area contributed by atoms with Crippen LogP contribution in [0.1, 0.15) is 31.4 Å². The van der Waals surface area contributed by atoms with Gasteiger partial charge in [0.25, 0.3) is 5.69 Å². The highest BCUT2D eigenvalue weighted by atomic mass is 16.6. The first-order valence-electron chi connectivity index (χ1n) is 6.72. The van der Waals surface area contributed by atoms with Crippen molar-refractivity contribution in [3.63, 3.8) is 0 Å². The number of ether oxygens (including phenoxy) is 1. The Hall–Kier alpha value is -1.50. The molecule has 0 bridgehead atoms. The Morgan fingerprint density at radius 1 is 1.50 bits per heavy atom. The van der Waals surface area contributed by atoms with Crippen molar-refractivity contribution in [3.8, 4) is 0 Å². The number of nitro groups is 1. The van der Waals surface area contributed by atoms with Crippen molar-refractivity contribution >= 4 is 5.69 Å². The molecule has 2 unspecified atom stereocenters. The van der Waals surface area contributed by atoms with Crippen LogP contribution in [0.4, 0.5) is 5.69 Å². The van der Waals surface area contributed by atoms with Crippen LogP contribution < -0.4 is 5.32 Å². The van der Waals surface area contributed by atoms with Gasteiger partial charge in [-0.25, -0.2) is 0 Å². The number of hydrogen-bond acceptors (Lipinski definition) is 5. The van der Waals surface area contributed by atoms with Gasteiger partial charge in [-0.3, -0.25) is 10.1 Å². The quantitative estimate of drug-likeness (QED) is 0.535. The van der Waals surface area contributed by atoms with Gasteiger partial charge in [0.2, 0.25) is 0 Å². The Bertz CT molecular complexity index is 425. The highest BCUT2D eigenvalue weighted by Gasteiger charge is 2.18. The van der Waals surface area contributed by atoms with Gasteiger partial charge in [-0.05, 0) is 12.0 Å². The van der Waals surface area contributed by atoms with Crippen LogP contribution in [0.2, 0.25) is 0 Å². The monoisotopic (exact) mass is 282 g/mol. The lowest BCUT2D eigenvalue weighted by molar-refractivity contribution is -0.384. The van der Waals surface area contributed by atoms with Gasteiger partial charge in [0.05, 0.1) is 24.2 Å². The number of aliphatic hydroxyl groups is 1. The molecule has 6 heteroatoms. The molecule has 0 fully saturated rings. The van der Waals surface area contributed by atoms with E-state index in [0.717, 1.165) is 18.4 Å². The summed E-state index contributed by atoms with van der Waals surface area (Å²) in [6.07, 6.45) is 1.77. The molecule has 0 saturated carbocycles. The zero-order valence-corrected chi connectivity index (χ0v) is 11.9. The number of non-ortho nitro benzene ring substituents is 1. The predicted octanol–water partition coefficient (Wildman–Crippen LogP) is 2.03. The van der Waals surface area contributed by atoms with E-state index in [2.05, 4.69) is 12.2 Å². The van der Waals surface area contributed by atoms with E-state index in [1.54, 1.807) is 19.2 Å². The summed E-state index contributed by atoms with van der Waals surface area (Å²) in [5, 5.41) is 23.4. The SMILES string of the molecule is CCCC(NC(CO)COC)c1cccc([N+](=O)[O-])c1. The van der Waals surface area contributed by atoms with Gasteiger partial charge in [0.15, 0.2) is 0 Å². The molecule has 0 radical (unpaired) electrons. The van der Waals surface area contributed by atoms with Crippen molar-refractivity contribution in [1.29, 1.82) is 0 Å². The molecule has 1 aromatic rings. The average molecular weight is 282 g/mol. The first kappa shape index (κ1) is 16.6. The van der Waals surface area contributed by atoms with Crippen molar-refractivity contribution in [2.45, 2.75) is 31.8 Å². The van der Waals surface area contributed by atoms with Crippen LogP contribution in [-0.4, -0.2) is 36.4 Å². The number of hydrogen-bond donors (Lipinski definition) is 2. The number of nitro benzene ring substituents is 1. The molecule has 0 aliphatic heterocycles. The van der Waals surface area contributed by atoms with Crippen LogP contribution in [0.3, 0.4) is 0 Å². The molecule has 0 aliphatic rings. The number of nitrogens with one attached hydrogen (secondary N) is 1. The van der Waals surface area contributed by atoms with Crippen molar-refractivity contribution in [3.05, 3.63) is 39.9 Å². The molecule has 2 atom stereocenters. The number of rotatable bonds is 9. The van der Waals surface area contributed by atoms with Crippen molar-refractivity contribution in [2.75, 3.05) is 20.3 Å². The van der Waals surface area contributed by atoms with Gasteiger partial charge in [-0.15, -0.1) is 0 Å². The van der Waals surface area contributed by atoms with Gasteiger partial charge in [0.1, 0.15) is 0 Å². The summed E-state index contributed by atoms with van der Waals surface area (Å²) in [5.74, 6) is 0. The Morgan fingerprint density at radius 2 is 2.25 bits per heavy atom. The van der Waals surface area contributed by atoms with E-state index in [1.807, 2.05) is 6.07 Å². The van der Waals surface area contributed by atoms with Crippen LogP contribution in [0, 0.1) is 10.1 Å². The molecule has 2 N–H and O–H groups in total. The van der Waals surface area contributed by atoms with E-state index < -0.39 is 4.92 Å². The Kier molecular flexibility index (Phi) is 7.14. The number of methoxy groups -OCH3 is 1. The fraction of sp³-hybridized carbons (Fsp3) is 0.571. The lowest BCUT2D eigenvalue weighted by atomic mass is 10.0. The Balaban J connectivity index is 2.89. The van der Waals surface area contributed by atoms with E-state index in [9.17, 15) is 15.2 Å². The molecule has 0 amide bonds. The first-order chi connectivity index (χ1) is 9.62. The smallest absolute Gasteiger partial charge is 0.269 e. The zero-order chi connectivity index (χ0) is 15.0. The Labute approximate surface area is 118 Å². The molecule has 0 heterocycles. The van der Waals surface area contributed by atoms with Gasteiger partial charge in [-0.2, -0.15) is 0 Å². The van der Waals surface area contributed by atoms with Crippen LogP contribution in [-0.2, 0) is 4.74 Å². The molecule has 112 valence electrons. The highest BCUT2D eigenvalue weighted by Crippen LogP contribution is 2.23. The third kappa shape index (κ3) is 4.88. The molecule has 0 aliphatic carbocycles. The normalized spacial score (nSPS) is 13.9. The summed E-state index contributed by atoms with van der Waals surface area (Å²) in [4.78, 5) is 10.4. The highest BCUT2D eigenvalue weighted by molar-refractivity contribution is 5.35. The zero-order valence-electron chi connectivity index (χ0n) is 11.9. The predicted molar refractivity (Wildman–Crippen MR) is 76.6 cm³/mol. The Morgan fingerprint density at radius 3 is 2.80 bits per heavy atom. The fourth-order valence-corrected chi connectivity index (χ4v) is 2.13. The molecule has 0 saturated heterocycles. The van der Waals surface area contributed by atoms with E-state index >= 15 is 0 Å². The maximum atomic E-state index is 10.8. The summed E-state index contributed by atoms with van der Waals surface area (Å²) in [6, 6.07) is 6.38. The summed E-state index contributed by atoms with van der Waals surface area (Å²) in [7, 11) is 1.58. The van der Waals surface area contributed by atoms with Crippen LogP contribution in [0.25, 0.3) is 0 Å². The standard InChI is InChI=1S/C14H22N2O4/c1-3-5-14(15-12(9-17)10-20-2)11-6-4-7-13(8-11)16(18)19/h4,6-8,12,14-15,17H,3,5,9-10H2,1-2H3. The van der Waals surface area contributed by atoms with Gasteiger partial charge < -0.3 is 15.2 Å². The van der Waals surface area contributed by atoms with Crippen LogP contribution in [0.5, 0.6) is 0 Å². The minimum atomic E-state index is -0.398. The summed E-state index contributed by atoms with van der Waals surface area (Å²) in [6.45, 7) is 2.41. The largest absolute Gasteiger partial charge is 0.395 e. The maximum Gasteiger partial charge on any atom is 0.269 e. The summed E-state index contributed by atoms with van der Waals surface area (Å²) >= 11 is 0. The maximum absolute atomic E-state index is 10.8. The van der Waals surface area contributed by atoms with E-state index in [0.29, 0.717) is 6.61 Å². The van der Waals surface area contributed by atoms with Gasteiger partial charge in [-0.1, -0.05) is 25.5 Å². The van der Waals surface area contributed by atoms with E-state index in [1.165, 1.54) is 6.07 Å². The number of aliphatic hydroxyl groups excluding tert-OH is 1. The lowest BCUT2D eigenvalue weighted by Crippen LogP contribution is -2.39. The topological polar surface area (TPSA) is 84.6 Å². The molecular formula is C14H22N2O4. The molecule has 0 spiro atoms. The van der Waals surface area contributed by atoms with Gasteiger partial charge in [0, 0.05) is 25.3 Å². The summed E-state index contributed by atoms with van der Waals surface area (Å²) in [5.41, 5.74) is 0.938. The van der Waals surface area contributed by atoms with Crippen molar-refractivity contribution < 1.29 is 14.8 Å². The molecule has 1 aromatic carbocycles.